The Morgan fingerprint density at radius 1 is 1.16 bits per heavy atom. The van der Waals surface area contributed by atoms with Crippen molar-refractivity contribution < 1.29 is 14.7 Å². The molecule has 0 bridgehead atoms. The number of amides is 1. The quantitative estimate of drug-likeness (QED) is 0.606. The maximum atomic E-state index is 11.8. The molecule has 4 heteroatoms. The first-order chi connectivity index (χ1) is 9.01. The second kappa shape index (κ2) is 10.8. The normalized spacial score (nSPS) is 13.8. The van der Waals surface area contributed by atoms with Crippen molar-refractivity contribution in [3.63, 3.8) is 0 Å². The van der Waals surface area contributed by atoms with Gasteiger partial charge in [-0.3, -0.25) is 9.59 Å². The first kappa shape index (κ1) is 17.9. The minimum absolute atomic E-state index is 0.0825. The largest absolute Gasteiger partial charge is 0.481 e. The van der Waals surface area contributed by atoms with E-state index in [1.165, 1.54) is 0 Å². The molecule has 0 aliphatic rings. The van der Waals surface area contributed by atoms with Gasteiger partial charge in [0.15, 0.2) is 0 Å². The second-order valence-electron chi connectivity index (χ2n) is 5.33. The highest BCUT2D eigenvalue weighted by Gasteiger charge is 2.13. The molecular formula is C15H29NO3. The highest BCUT2D eigenvalue weighted by molar-refractivity contribution is 5.78. The molecule has 0 fully saturated rings. The van der Waals surface area contributed by atoms with Gasteiger partial charge in [-0.2, -0.15) is 0 Å². The topological polar surface area (TPSA) is 66.4 Å². The summed E-state index contributed by atoms with van der Waals surface area (Å²) < 4.78 is 0. The van der Waals surface area contributed by atoms with E-state index >= 15 is 0 Å². The minimum Gasteiger partial charge on any atom is -0.481 e. The average Bonchev–Trinajstić information content (AvgIpc) is 2.39. The van der Waals surface area contributed by atoms with Gasteiger partial charge in [0.25, 0.3) is 0 Å². The van der Waals surface area contributed by atoms with Crippen molar-refractivity contribution in [2.24, 2.45) is 11.8 Å². The van der Waals surface area contributed by atoms with Gasteiger partial charge in [-0.05, 0) is 25.2 Å². The summed E-state index contributed by atoms with van der Waals surface area (Å²) in [6, 6.07) is 0. The number of aliphatic carboxylic acids is 1. The van der Waals surface area contributed by atoms with Crippen LogP contribution in [0.15, 0.2) is 0 Å². The van der Waals surface area contributed by atoms with Crippen LogP contribution in [-0.2, 0) is 9.59 Å². The predicted molar refractivity (Wildman–Crippen MR) is 77.0 cm³/mol. The lowest BCUT2D eigenvalue weighted by atomic mass is 9.96. The minimum atomic E-state index is -0.740. The molecule has 2 N–H and O–H groups in total. The third-order valence-electron chi connectivity index (χ3n) is 3.63. The summed E-state index contributed by atoms with van der Waals surface area (Å²) in [6.45, 7) is 6.82. The van der Waals surface area contributed by atoms with E-state index in [1.807, 2.05) is 6.92 Å². The van der Waals surface area contributed by atoms with Gasteiger partial charge in [0.1, 0.15) is 0 Å². The number of hydrogen-bond acceptors (Lipinski definition) is 2. The van der Waals surface area contributed by atoms with Crippen LogP contribution in [0.4, 0.5) is 0 Å². The summed E-state index contributed by atoms with van der Waals surface area (Å²) in [5.74, 6) is -0.140. The lowest BCUT2D eigenvalue weighted by Gasteiger charge is -2.16. The molecule has 0 aromatic heterocycles. The van der Waals surface area contributed by atoms with Crippen LogP contribution in [0, 0.1) is 11.8 Å². The van der Waals surface area contributed by atoms with Crippen molar-refractivity contribution >= 4 is 11.9 Å². The summed E-state index contributed by atoms with van der Waals surface area (Å²) in [4.78, 5) is 22.3. The molecule has 0 radical (unpaired) electrons. The van der Waals surface area contributed by atoms with E-state index in [4.69, 9.17) is 5.11 Å². The molecule has 0 rings (SSSR count). The zero-order valence-electron chi connectivity index (χ0n) is 12.6. The third kappa shape index (κ3) is 9.51. The van der Waals surface area contributed by atoms with Crippen molar-refractivity contribution in [1.82, 2.24) is 5.32 Å². The zero-order valence-corrected chi connectivity index (χ0v) is 12.6. The Kier molecular flexibility index (Phi) is 10.2. The molecule has 0 heterocycles. The number of unbranched alkanes of at least 4 members (excludes halogenated alkanes) is 1. The molecule has 1 amide bonds. The Labute approximate surface area is 117 Å². The van der Waals surface area contributed by atoms with Crippen molar-refractivity contribution in [3.8, 4) is 0 Å². The standard InChI is InChI=1S/C15H29NO3/c1-4-6-7-12(3)15(19)16-11-10-13(5-2)8-9-14(17)18/h12-13H,4-11H2,1-3H3,(H,16,19)(H,17,18). The summed E-state index contributed by atoms with van der Waals surface area (Å²) in [5, 5.41) is 11.6. The van der Waals surface area contributed by atoms with Crippen molar-refractivity contribution in [3.05, 3.63) is 0 Å². The van der Waals surface area contributed by atoms with Gasteiger partial charge in [-0.25, -0.2) is 0 Å². The number of carbonyl (C=O) groups excluding carboxylic acids is 1. The number of rotatable bonds is 11. The number of carbonyl (C=O) groups is 2. The van der Waals surface area contributed by atoms with Crippen LogP contribution in [0.25, 0.3) is 0 Å². The highest BCUT2D eigenvalue weighted by Crippen LogP contribution is 2.15. The van der Waals surface area contributed by atoms with Gasteiger partial charge in [-0.1, -0.05) is 40.0 Å². The van der Waals surface area contributed by atoms with Crippen LogP contribution < -0.4 is 5.32 Å². The maximum Gasteiger partial charge on any atom is 0.303 e. The molecule has 0 aliphatic heterocycles. The highest BCUT2D eigenvalue weighted by atomic mass is 16.4. The van der Waals surface area contributed by atoms with E-state index in [0.29, 0.717) is 18.9 Å². The van der Waals surface area contributed by atoms with Crippen molar-refractivity contribution in [2.75, 3.05) is 6.54 Å². The third-order valence-corrected chi connectivity index (χ3v) is 3.63. The van der Waals surface area contributed by atoms with Gasteiger partial charge in [0, 0.05) is 18.9 Å². The molecule has 0 saturated heterocycles. The monoisotopic (exact) mass is 271 g/mol. The van der Waals surface area contributed by atoms with Crippen LogP contribution in [0.2, 0.25) is 0 Å². The summed E-state index contributed by atoms with van der Waals surface area (Å²) in [7, 11) is 0. The van der Waals surface area contributed by atoms with Crippen molar-refractivity contribution in [2.45, 2.75) is 65.7 Å². The Morgan fingerprint density at radius 2 is 1.84 bits per heavy atom. The van der Waals surface area contributed by atoms with Crippen LogP contribution in [0.3, 0.4) is 0 Å². The van der Waals surface area contributed by atoms with Crippen LogP contribution in [0.1, 0.15) is 65.7 Å². The Balaban J connectivity index is 3.79. The second-order valence-corrected chi connectivity index (χ2v) is 5.33. The summed E-state index contributed by atoms with van der Waals surface area (Å²) in [6.07, 6.45) is 5.91. The molecule has 112 valence electrons. The van der Waals surface area contributed by atoms with Crippen LogP contribution in [-0.4, -0.2) is 23.5 Å². The molecule has 2 atom stereocenters. The fourth-order valence-electron chi connectivity index (χ4n) is 2.10. The predicted octanol–water partition coefficient (Wildman–Crippen LogP) is 3.21. The van der Waals surface area contributed by atoms with E-state index in [9.17, 15) is 9.59 Å². The fraction of sp³-hybridized carbons (Fsp3) is 0.867. The lowest BCUT2D eigenvalue weighted by molar-refractivity contribution is -0.137. The van der Waals surface area contributed by atoms with E-state index in [-0.39, 0.29) is 18.2 Å². The van der Waals surface area contributed by atoms with Gasteiger partial charge in [-0.15, -0.1) is 0 Å². The molecule has 0 aromatic rings. The fourth-order valence-corrected chi connectivity index (χ4v) is 2.10. The first-order valence-electron chi connectivity index (χ1n) is 7.50. The molecule has 0 aliphatic carbocycles. The molecular weight excluding hydrogens is 242 g/mol. The Hall–Kier alpha value is -1.06. The average molecular weight is 271 g/mol. The number of carboxylic acids is 1. The SMILES string of the molecule is CCCCC(C)C(=O)NCCC(CC)CCC(=O)O. The number of nitrogens with one attached hydrogen (secondary N) is 1. The molecule has 2 unspecified atom stereocenters. The van der Waals surface area contributed by atoms with Gasteiger partial charge < -0.3 is 10.4 Å². The van der Waals surface area contributed by atoms with Crippen LogP contribution in [0.5, 0.6) is 0 Å². The molecule has 0 spiro atoms. The van der Waals surface area contributed by atoms with E-state index < -0.39 is 5.97 Å². The van der Waals surface area contributed by atoms with Gasteiger partial charge in [0.05, 0.1) is 0 Å². The Bertz CT molecular complexity index is 266. The van der Waals surface area contributed by atoms with Crippen molar-refractivity contribution in [1.29, 1.82) is 0 Å². The number of hydrogen-bond donors (Lipinski definition) is 2. The molecule has 4 nitrogen and oxygen atoms in total. The zero-order chi connectivity index (χ0) is 14.7. The van der Waals surface area contributed by atoms with Gasteiger partial charge >= 0.3 is 5.97 Å². The Morgan fingerprint density at radius 3 is 2.37 bits per heavy atom. The maximum absolute atomic E-state index is 11.8. The molecule has 0 saturated carbocycles. The summed E-state index contributed by atoms with van der Waals surface area (Å²) in [5.41, 5.74) is 0. The molecule has 19 heavy (non-hydrogen) atoms. The van der Waals surface area contributed by atoms with E-state index in [1.54, 1.807) is 0 Å². The lowest BCUT2D eigenvalue weighted by Crippen LogP contribution is -2.31. The van der Waals surface area contributed by atoms with E-state index in [0.717, 1.165) is 32.1 Å². The smallest absolute Gasteiger partial charge is 0.303 e. The van der Waals surface area contributed by atoms with Crippen LogP contribution >= 0.6 is 0 Å². The summed E-state index contributed by atoms with van der Waals surface area (Å²) >= 11 is 0. The first-order valence-corrected chi connectivity index (χ1v) is 7.50. The molecule has 0 aromatic carbocycles. The van der Waals surface area contributed by atoms with E-state index in [2.05, 4.69) is 19.2 Å². The number of carboxylic acid groups (broad SMARTS) is 1. The van der Waals surface area contributed by atoms with Gasteiger partial charge in [0.2, 0.25) is 5.91 Å².